The van der Waals surface area contributed by atoms with Crippen LogP contribution in [0.5, 0.6) is 0 Å². The normalized spacial score (nSPS) is 13.7. The van der Waals surface area contributed by atoms with Crippen molar-refractivity contribution >= 4 is 11.8 Å². The van der Waals surface area contributed by atoms with Crippen molar-refractivity contribution in [3.63, 3.8) is 0 Å². The maximum absolute atomic E-state index is 13.1. The lowest BCUT2D eigenvalue weighted by atomic mass is 10.2. The van der Waals surface area contributed by atoms with E-state index in [0.717, 1.165) is 12.8 Å². The highest BCUT2D eigenvalue weighted by atomic mass is 19.1. The van der Waals surface area contributed by atoms with Crippen LogP contribution in [-0.4, -0.2) is 34.5 Å². The van der Waals surface area contributed by atoms with Crippen LogP contribution in [-0.2, 0) is 6.54 Å². The molecule has 2 aromatic rings. The number of rotatable bonds is 7. The zero-order chi connectivity index (χ0) is 18.7. The monoisotopic (exact) mass is 359 g/mol. The summed E-state index contributed by atoms with van der Waals surface area (Å²) in [7, 11) is 0. The van der Waals surface area contributed by atoms with Gasteiger partial charge in [-0.25, -0.2) is 4.39 Å². The molecule has 1 N–H and O–H groups in total. The summed E-state index contributed by atoms with van der Waals surface area (Å²) in [6.45, 7) is 4.79. The molecule has 7 heteroatoms. The molecule has 0 unspecified atom stereocenters. The Bertz CT molecular complexity index is 782. The SMILES string of the molecule is CC(C)CNC(=O)c1cc(CN(C(=O)c2ccc(F)cc2)C2CC2)on1. The molecule has 1 aromatic carbocycles. The number of carbonyl (C=O) groups excluding carboxylic acids is 2. The Morgan fingerprint density at radius 2 is 2.00 bits per heavy atom. The van der Waals surface area contributed by atoms with Crippen molar-refractivity contribution in [1.29, 1.82) is 0 Å². The highest BCUT2D eigenvalue weighted by Gasteiger charge is 2.34. The molecule has 1 aromatic heterocycles. The second kappa shape index (κ2) is 7.68. The largest absolute Gasteiger partial charge is 0.359 e. The van der Waals surface area contributed by atoms with Crippen molar-refractivity contribution in [2.45, 2.75) is 39.3 Å². The summed E-state index contributed by atoms with van der Waals surface area (Å²) >= 11 is 0. The lowest BCUT2D eigenvalue weighted by Crippen LogP contribution is -2.32. The summed E-state index contributed by atoms with van der Waals surface area (Å²) in [4.78, 5) is 26.4. The van der Waals surface area contributed by atoms with Crippen LogP contribution in [0.3, 0.4) is 0 Å². The van der Waals surface area contributed by atoms with E-state index in [1.165, 1.54) is 24.3 Å². The summed E-state index contributed by atoms with van der Waals surface area (Å²) in [6, 6.07) is 7.17. The highest BCUT2D eigenvalue weighted by molar-refractivity contribution is 5.94. The van der Waals surface area contributed by atoms with Crippen LogP contribution < -0.4 is 5.32 Å². The van der Waals surface area contributed by atoms with Crippen LogP contribution >= 0.6 is 0 Å². The van der Waals surface area contributed by atoms with E-state index in [1.54, 1.807) is 11.0 Å². The zero-order valence-corrected chi connectivity index (χ0v) is 14.9. The predicted molar refractivity (Wildman–Crippen MR) is 93.0 cm³/mol. The molecule has 0 radical (unpaired) electrons. The van der Waals surface area contributed by atoms with Crippen molar-refractivity contribution in [3.05, 3.63) is 53.2 Å². The maximum atomic E-state index is 13.1. The Balaban J connectivity index is 1.68. The van der Waals surface area contributed by atoms with Crippen molar-refractivity contribution in [2.24, 2.45) is 5.92 Å². The van der Waals surface area contributed by atoms with Gasteiger partial charge in [-0.1, -0.05) is 19.0 Å². The molecule has 1 saturated carbocycles. The van der Waals surface area contributed by atoms with Crippen LogP contribution in [0, 0.1) is 11.7 Å². The summed E-state index contributed by atoms with van der Waals surface area (Å²) in [5, 5.41) is 6.57. The number of nitrogens with one attached hydrogen (secondary N) is 1. The minimum atomic E-state index is -0.383. The molecule has 26 heavy (non-hydrogen) atoms. The lowest BCUT2D eigenvalue weighted by molar-refractivity contribution is 0.0712. The molecule has 0 aliphatic heterocycles. The van der Waals surface area contributed by atoms with E-state index >= 15 is 0 Å². The van der Waals surface area contributed by atoms with Gasteiger partial charge in [-0.2, -0.15) is 0 Å². The molecule has 2 amide bonds. The second-order valence-corrected chi connectivity index (χ2v) is 6.95. The van der Waals surface area contributed by atoms with Gasteiger partial charge >= 0.3 is 0 Å². The van der Waals surface area contributed by atoms with Gasteiger partial charge in [0.05, 0.1) is 6.54 Å². The fourth-order valence-electron chi connectivity index (χ4n) is 2.56. The van der Waals surface area contributed by atoms with Crippen LogP contribution in [0.15, 0.2) is 34.9 Å². The first-order valence-corrected chi connectivity index (χ1v) is 8.74. The minimum Gasteiger partial charge on any atom is -0.359 e. The van der Waals surface area contributed by atoms with E-state index < -0.39 is 0 Å². The standard InChI is InChI=1S/C19H22FN3O3/c1-12(2)10-21-18(24)17-9-16(26-22-17)11-23(15-7-8-15)19(25)13-3-5-14(20)6-4-13/h3-6,9,12,15H,7-8,10-11H2,1-2H3,(H,21,24). The van der Waals surface area contributed by atoms with Gasteiger partial charge in [0.25, 0.3) is 11.8 Å². The van der Waals surface area contributed by atoms with Gasteiger partial charge in [0, 0.05) is 24.2 Å². The first-order valence-electron chi connectivity index (χ1n) is 8.74. The Morgan fingerprint density at radius 3 is 2.62 bits per heavy atom. The average Bonchev–Trinajstić information content (AvgIpc) is 3.35. The molecular weight excluding hydrogens is 337 g/mol. The zero-order valence-electron chi connectivity index (χ0n) is 14.9. The van der Waals surface area contributed by atoms with E-state index in [2.05, 4.69) is 10.5 Å². The number of amides is 2. The summed E-state index contributed by atoms with van der Waals surface area (Å²) in [5.41, 5.74) is 0.623. The third-order valence-corrected chi connectivity index (χ3v) is 4.13. The van der Waals surface area contributed by atoms with Crippen LogP contribution in [0.1, 0.15) is 53.3 Å². The van der Waals surface area contributed by atoms with Crippen molar-refractivity contribution in [2.75, 3.05) is 6.54 Å². The molecule has 0 spiro atoms. The number of aromatic nitrogens is 1. The molecule has 0 saturated heterocycles. The Kier molecular flexibility index (Phi) is 5.35. The fraction of sp³-hybridized carbons (Fsp3) is 0.421. The Hall–Kier alpha value is -2.70. The van der Waals surface area contributed by atoms with E-state index in [4.69, 9.17) is 4.52 Å². The first-order chi connectivity index (χ1) is 12.4. The molecule has 138 valence electrons. The number of benzene rings is 1. The highest BCUT2D eigenvalue weighted by Crippen LogP contribution is 2.30. The van der Waals surface area contributed by atoms with E-state index in [-0.39, 0.29) is 35.9 Å². The number of nitrogens with zero attached hydrogens (tertiary/aromatic N) is 2. The first kappa shape index (κ1) is 18.1. The average molecular weight is 359 g/mol. The van der Waals surface area contributed by atoms with Crippen molar-refractivity contribution < 1.29 is 18.5 Å². The maximum Gasteiger partial charge on any atom is 0.273 e. The molecule has 0 bridgehead atoms. The van der Waals surface area contributed by atoms with E-state index in [0.29, 0.717) is 23.8 Å². The molecular formula is C19H22FN3O3. The molecule has 0 atom stereocenters. The third kappa shape index (κ3) is 4.47. The van der Waals surface area contributed by atoms with Gasteiger partial charge < -0.3 is 14.7 Å². The van der Waals surface area contributed by atoms with E-state index in [1.807, 2.05) is 13.8 Å². The molecule has 1 heterocycles. The minimum absolute atomic E-state index is 0.135. The Labute approximate surface area is 151 Å². The van der Waals surface area contributed by atoms with Gasteiger partial charge in [0.1, 0.15) is 5.82 Å². The van der Waals surface area contributed by atoms with Crippen molar-refractivity contribution in [1.82, 2.24) is 15.4 Å². The summed E-state index contributed by atoms with van der Waals surface area (Å²) in [5.74, 6) is -0.0795. The van der Waals surface area contributed by atoms with E-state index in [9.17, 15) is 14.0 Å². The van der Waals surface area contributed by atoms with Gasteiger partial charge in [0.15, 0.2) is 11.5 Å². The second-order valence-electron chi connectivity index (χ2n) is 6.95. The number of halogens is 1. The summed E-state index contributed by atoms with van der Waals surface area (Å²) in [6.07, 6.45) is 1.84. The topological polar surface area (TPSA) is 75.4 Å². The van der Waals surface area contributed by atoms with Gasteiger partial charge in [-0.05, 0) is 43.0 Å². The quantitative estimate of drug-likeness (QED) is 0.825. The Morgan fingerprint density at radius 1 is 1.31 bits per heavy atom. The van der Waals surface area contributed by atoms with Crippen LogP contribution in [0.4, 0.5) is 4.39 Å². The molecule has 1 fully saturated rings. The molecule has 6 nitrogen and oxygen atoms in total. The molecule has 1 aliphatic carbocycles. The fourth-order valence-corrected chi connectivity index (χ4v) is 2.56. The number of hydrogen-bond donors (Lipinski definition) is 1. The smallest absolute Gasteiger partial charge is 0.273 e. The molecule has 3 rings (SSSR count). The van der Waals surface area contributed by atoms with Gasteiger partial charge in [-0.15, -0.1) is 0 Å². The third-order valence-electron chi connectivity index (χ3n) is 4.13. The summed E-state index contributed by atoms with van der Waals surface area (Å²) < 4.78 is 18.3. The van der Waals surface area contributed by atoms with Gasteiger partial charge in [0.2, 0.25) is 0 Å². The lowest BCUT2D eigenvalue weighted by Gasteiger charge is -2.21. The molecule has 1 aliphatic rings. The predicted octanol–water partition coefficient (Wildman–Crippen LogP) is 3.00. The number of carbonyl (C=O) groups is 2. The van der Waals surface area contributed by atoms with Crippen LogP contribution in [0.2, 0.25) is 0 Å². The number of hydrogen-bond acceptors (Lipinski definition) is 4. The van der Waals surface area contributed by atoms with Gasteiger partial charge in [-0.3, -0.25) is 9.59 Å². The van der Waals surface area contributed by atoms with Crippen LogP contribution in [0.25, 0.3) is 0 Å². The van der Waals surface area contributed by atoms with Crippen molar-refractivity contribution in [3.8, 4) is 0 Å².